The summed E-state index contributed by atoms with van der Waals surface area (Å²) in [5.74, 6) is -0.178. The molecule has 0 bridgehead atoms. The Morgan fingerprint density at radius 1 is 0.600 bits per heavy atom. The minimum atomic E-state index is -0.178. The van der Waals surface area contributed by atoms with Gasteiger partial charge in [0.15, 0.2) is 0 Å². The Hall–Kier alpha value is -1.31. The van der Waals surface area contributed by atoms with Crippen molar-refractivity contribution < 1.29 is 9.53 Å². The molecule has 30 heavy (non-hydrogen) atoms. The average Bonchev–Trinajstić information content (AvgIpc) is 2.77. The summed E-state index contributed by atoms with van der Waals surface area (Å²) in [4.78, 5) is 12.1. The predicted octanol–water partition coefficient (Wildman–Crippen LogP) is 9.06. The molecule has 0 N–H and O–H groups in total. The molecule has 0 saturated carbocycles. The number of unbranched alkanes of at least 4 members (excludes halogenated alkanes) is 15. The molecule has 0 fully saturated rings. The Bertz CT molecular complexity index is 506. The van der Waals surface area contributed by atoms with Gasteiger partial charge in [-0.1, -0.05) is 122 Å². The van der Waals surface area contributed by atoms with Crippen LogP contribution in [0.15, 0.2) is 24.3 Å². The van der Waals surface area contributed by atoms with Crippen LogP contribution < -0.4 is 0 Å². The molecule has 2 heteroatoms. The number of carbonyl (C=O) groups excluding carboxylic acids is 1. The van der Waals surface area contributed by atoms with E-state index in [0.717, 1.165) is 12.8 Å². The Morgan fingerprint density at radius 2 is 1.03 bits per heavy atom. The highest BCUT2D eigenvalue weighted by Gasteiger charge is 2.06. The van der Waals surface area contributed by atoms with Gasteiger partial charge in [-0.15, -0.1) is 0 Å². The van der Waals surface area contributed by atoms with Gasteiger partial charge >= 0.3 is 5.97 Å². The lowest BCUT2D eigenvalue weighted by molar-refractivity contribution is 0.0497. The van der Waals surface area contributed by atoms with E-state index in [1.54, 1.807) is 0 Å². The number of rotatable bonds is 20. The monoisotopic (exact) mass is 416 g/mol. The zero-order valence-electron chi connectivity index (χ0n) is 20.1. The fraction of sp³-hybridized carbons (Fsp3) is 0.750. The molecule has 0 aliphatic rings. The summed E-state index contributed by atoms with van der Waals surface area (Å²) in [7, 11) is 0. The highest BCUT2D eigenvalue weighted by atomic mass is 16.5. The van der Waals surface area contributed by atoms with E-state index in [2.05, 4.69) is 26.0 Å². The standard InChI is InChI=1S/C28H48O2/c1-3-5-7-8-9-10-11-12-13-14-15-16-17-18-19-25-30-28(29)27-23-21-26(22-24-27)20-6-4-2/h21-24H,3-20,25H2,1-2H3. The molecule has 1 rings (SSSR count). The van der Waals surface area contributed by atoms with Crippen molar-refractivity contribution in [1.82, 2.24) is 0 Å². The van der Waals surface area contributed by atoms with Crippen molar-refractivity contribution in [2.75, 3.05) is 6.61 Å². The number of carbonyl (C=O) groups is 1. The first-order valence-corrected chi connectivity index (χ1v) is 13.0. The van der Waals surface area contributed by atoms with Gasteiger partial charge in [0.2, 0.25) is 0 Å². The zero-order chi connectivity index (χ0) is 21.7. The lowest BCUT2D eigenvalue weighted by Gasteiger charge is -2.06. The van der Waals surface area contributed by atoms with Crippen LogP contribution >= 0.6 is 0 Å². The highest BCUT2D eigenvalue weighted by Crippen LogP contribution is 2.14. The van der Waals surface area contributed by atoms with E-state index in [9.17, 15) is 4.79 Å². The van der Waals surface area contributed by atoms with Crippen LogP contribution in [0.1, 0.15) is 139 Å². The number of esters is 1. The van der Waals surface area contributed by atoms with Crippen molar-refractivity contribution in [3.8, 4) is 0 Å². The van der Waals surface area contributed by atoms with Crippen LogP contribution in [0.4, 0.5) is 0 Å². The number of ether oxygens (including phenoxy) is 1. The van der Waals surface area contributed by atoms with E-state index in [1.165, 1.54) is 108 Å². The van der Waals surface area contributed by atoms with E-state index >= 15 is 0 Å². The van der Waals surface area contributed by atoms with E-state index in [0.29, 0.717) is 12.2 Å². The third-order valence-corrected chi connectivity index (χ3v) is 5.99. The van der Waals surface area contributed by atoms with Crippen molar-refractivity contribution in [2.45, 2.75) is 129 Å². The van der Waals surface area contributed by atoms with Gasteiger partial charge in [0, 0.05) is 0 Å². The van der Waals surface area contributed by atoms with Gasteiger partial charge in [-0.2, -0.15) is 0 Å². The van der Waals surface area contributed by atoms with Gasteiger partial charge in [0.25, 0.3) is 0 Å². The van der Waals surface area contributed by atoms with E-state index in [4.69, 9.17) is 4.74 Å². The Kier molecular flexibility index (Phi) is 17.5. The number of hydrogen-bond acceptors (Lipinski definition) is 2. The minimum absolute atomic E-state index is 0.178. The lowest BCUT2D eigenvalue weighted by atomic mass is 10.0. The minimum Gasteiger partial charge on any atom is -0.462 e. The molecular formula is C28H48O2. The normalized spacial score (nSPS) is 11.0. The summed E-state index contributed by atoms with van der Waals surface area (Å²) in [6, 6.07) is 7.92. The lowest BCUT2D eigenvalue weighted by Crippen LogP contribution is -2.06. The highest BCUT2D eigenvalue weighted by molar-refractivity contribution is 5.89. The summed E-state index contributed by atoms with van der Waals surface area (Å²) in [6.45, 7) is 5.03. The largest absolute Gasteiger partial charge is 0.462 e. The van der Waals surface area contributed by atoms with Crippen molar-refractivity contribution in [3.05, 3.63) is 35.4 Å². The Morgan fingerprint density at radius 3 is 1.50 bits per heavy atom. The third kappa shape index (κ3) is 14.6. The smallest absolute Gasteiger partial charge is 0.338 e. The van der Waals surface area contributed by atoms with Crippen molar-refractivity contribution in [2.24, 2.45) is 0 Å². The first-order valence-electron chi connectivity index (χ1n) is 13.0. The molecular weight excluding hydrogens is 368 g/mol. The van der Waals surface area contributed by atoms with Gasteiger partial charge in [-0.05, 0) is 37.0 Å². The summed E-state index contributed by atoms with van der Waals surface area (Å²) in [6.07, 6.45) is 23.7. The van der Waals surface area contributed by atoms with Crippen molar-refractivity contribution in [1.29, 1.82) is 0 Å². The number of hydrogen-bond donors (Lipinski definition) is 0. The van der Waals surface area contributed by atoms with E-state index in [1.807, 2.05) is 12.1 Å². The molecule has 0 aliphatic heterocycles. The molecule has 0 spiro atoms. The topological polar surface area (TPSA) is 26.3 Å². The second-order valence-corrected chi connectivity index (χ2v) is 8.89. The van der Waals surface area contributed by atoms with Crippen molar-refractivity contribution in [3.63, 3.8) is 0 Å². The molecule has 0 radical (unpaired) electrons. The molecule has 0 heterocycles. The van der Waals surface area contributed by atoms with Crippen LogP contribution in [0.2, 0.25) is 0 Å². The summed E-state index contributed by atoms with van der Waals surface area (Å²) in [5.41, 5.74) is 1.98. The molecule has 2 nitrogen and oxygen atoms in total. The van der Waals surface area contributed by atoms with Crippen LogP contribution in [0.25, 0.3) is 0 Å². The van der Waals surface area contributed by atoms with Gasteiger partial charge in [0.05, 0.1) is 12.2 Å². The second kappa shape index (κ2) is 19.6. The first-order chi connectivity index (χ1) is 14.8. The molecule has 0 aliphatic carbocycles. The summed E-state index contributed by atoms with van der Waals surface area (Å²) < 4.78 is 5.42. The van der Waals surface area contributed by atoms with Crippen LogP contribution in [-0.4, -0.2) is 12.6 Å². The number of benzene rings is 1. The summed E-state index contributed by atoms with van der Waals surface area (Å²) in [5, 5.41) is 0. The average molecular weight is 417 g/mol. The number of aryl methyl sites for hydroxylation is 1. The van der Waals surface area contributed by atoms with Crippen LogP contribution in [0.3, 0.4) is 0 Å². The Balaban J connectivity index is 1.87. The summed E-state index contributed by atoms with van der Waals surface area (Å²) >= 11 is 0. The quantitative estimate of drug-likeness (QED) is 0.156. The first kappa shape index (κ1) is 26.7. The molecule has 172 valence electrons. The van der Waals surface area contributed by atoms with Crippen molar-refractivity contribution >= 4 is 5.97 Å². The third-order valence-electron chi connectivity index (χ3n) is 5.99. The fourth-order valence-corrected chi connectivity index (χ4v) is 3.91. The van der Waals surface area contributed by atoms with Gasteiger partial charge in [0.1, 0.15) is 0 Å². The van der Waals surface area contributed by atoms with E-state index < -0.39 is 0 Å². The molecule has 1 aromatic rings. The van der Waals surface area contributed by atoms with Crippen LogP contribution in [-0.2, 0) is 11.2 Å². The molecule has 0 aromatic heterocycles. The molecule has 0 atom stereocenters. The maximum atomic E-state index is 12.1. The van der Waals surface area contributed by atoms with Gasteiger partial charge in [-0.3, -0.25) is 0 Å². The molecule has 1 aromatic carbocycles. The maximum absolute atomic E-state index is 12.1. The molecule has 0 saturated heterocycles. The van der Waals surface area contributed by atoms with E-state index in [-0.39, 0.29) is 5.97 Å². The Labute approximate surface area is 187 Å². The molecule has 0 amide bonds. The zero-order valence-corrected chi connectivity index (χ0v) is 20.1. The van der Waals surface area contributed by atoms with Crippen LogP contribution in [0.5, 0.6) is 0 Å². The van der Waals surface area contributed by atoms with Gasteiger partial charge < -0.3 is 4.74 Å². The molecule has 0 unspecified atom stereocenters. The van der Waals surface area contributed by atoms with Gasteiger partial charge in [-0.25, -0.2) is 4.79 Å². The maximum Gasteiger partial charge on any atom is 0.338 e. The fourth-order valence-electron chi connectivity index (χ4n) is 3.91. The second-order valence-electron chi connectivity index (χ2n) is 8.89. The van der Waals surface area contributed by atoms with Crippen LogP contribution in [0, 0.1) is 0 Å². The SMILES string of the molecule is CCCCCCCCCCCCCCCCCOC(=O)c1ccc(CCCC)cc1. The predicted molar refractivity (Wildman–Crippen MR) is 130 cm³/mol.